The third-order valence-corrected chi connectivity index (χ3v) is 3.41. The Labute approximate surface area is 157 Å². The summed E-state index contributed by atoms with van der Waals surface area (Å²) in [4.78, 5) is 34.8. The minimum Gasteiger partial charge on any atom is -0.434 e. The predicted octanol–water partition coefficient (Wildman–Crippen LogP) is 3.28. The molecule has 2 N–H and O–H groups in total. The molecule has 7 heteroatoms. The van der Waals surface area contributed by atoms with Crippen molar-refractivity contribution in [3.05, 3.63) is 72.3 Å². The van der Waals surface area contributed by atoms with Gasteiger partial charge in [0.25, 0.3) is 5.91 Å². The lowest BCUT2D eigenvalue weighted by molar-refractivity contribution is -0.111. The second-order valence-electron chi connectivity index (χ2n) is 5.39. The Morgan fingerprint density at radius 2 is 1.85 bits per heavy atom. The first-order valence-corrected chi connectivity index (χ1v) is 8.27. The summed E-state index contributed by atoms with van der Waals surface area (Å²) < 4.78 is 9.62. The van der Waals surface area contributed by atoms with E-state index in [4.69, 9.17) is 4.74 Å². The van der Waals surface area contributed by atoms with Crippen molar-refractivity contribution in [3.63, 3.8) is 0 Å². The lowest BCUT2D eigenvalue weighted by Gasteiger charge is -2.08. The second-order valence-corrected chi connectivity index (χ2v) is 5.39. The van der Waals surface area contributed by atoms with Gasteiger partial charge < -0.3 is 20.1 Å². The summed E-state index contributed by atoms with van der Waals surface area (Å²) >= 11 is 0. The molecule has 0 bridgehead atoms. The highest BCUT2D eigenvalue weighted by Gasteiger charge is 2.08. The van der Waals surface area contributed by atoms with E-state index in [2.05, 4.69) is 21.9 Å². The molecule has 0 aromatic heterocycles. The summed E-state index contributed by atoms with van der Waals surface area (Å²) in [6, 6.07) is 13.2. The fraction of sp³-hybridized carbons (Fsp3) is 0.150. The molecule has 0 atom stereocenters. The smallest absolute Gasteiger partial charge is 0.434 e. The summed E-state index contributed by atoms with van der Waals surface area (Å²) in [7, 11) is 0. The van der Waals surface area contributed by atoms with Crippen LogP contribution in [-0.2, 0) is 16.1 Å². The zero-order chi connectivity index (χ0) is 19.6. The van der Waals surface area contributed by atoms with Gasteiger partial charge >= 0.3 is 6.16 Å². The van der Waals surface area contributed by atoms with Gasteiger partial charge in [0.2, 0.25) is 5.91 Å². The van der Waals surface area contributed by atoms with Gasteiger partial charge in [-0.2, -0.15) is 0 Å². The first-order chi connectivity index (χ1) is 13.0. The highest BCUT2D eigenvalue weighted by atomic mass is 16.7. The molecular weight excluding hydrogens is 348 g/mol. The van der Waals surface area contributed by atoms with E-state index in [1.165, 1.54) is 18.2 Å². The molecule has 7 nitrogen and oxygen atoms in total. The van der Waals surface area contributed by atoms with Gasteiger partial charge in [0.15, 0.2) is 0 Å². The molecule has 2 amide bonds. The van der Waals surface area contributed by atoms with Crippen molar-refractivity contribution in [1.82, 2.24) is 5.32 Å². The van der Waals surface area contributed by atoms with Crippen LogP contribution in [0.5, 0.6) is 5.75 Å². The largest absolute Gasteiger partial charge is 0.513 e. The van der Waals surface area contributed by atoms with Crippen LogP contribution in [0.4, 0.5) is 10.5 Å². The van der Waals surface area contributed by atoms with E-state index in [9.17, 15) is 14.4 Å². The zero-order valence-corrected chi connectivity index (χ0v) is 14.9. The van der Waals surface area contributed by atoms with Crippen LogP contribution < -0.4 is 15.4 Å². The van der Waals surface area contributed by atoms with Gasteiger partial charge in [0.05, 0.1) is 6.61 Å². The predicted molar refractivity (Wildman–Crippen MR) is 101 cm³/mol. The third kappa shape index (κ3) is 6.32. The van der Waals surface area contributed by atoms with E-state index in [0.717, 1.165) is 5.56 Å². The van der Waals surface area contributed by atoms with Crippen molar-refractivity contribution in [2.24, 2.45) is 0 Å². The molecule has 0 aliphatic heterocycles. The normalized spacial score (nSPS) is 9.81. The van der Waals surface area contributed by atoms with Gasteiger partial charge in [0.1, 0.15) is 5.75 Å². The summed E-state index contributed by atoms with van der Waals surface area (Å²) in [5.41, 5.74) is 1.86. The van der Waals surface area contributed by atoms with E-state index in [-0.39, 0.29) is 30.7 Å². The van der Waals surface area contributed by atoms with Crippen LogP contribution in [0.25, 0.3) is 0 Å². The number of carbonyl (C=O) groups is 3. The van der Waals surface area contributed by atoms with E-state index in [1.807, 2.05) is 6.07 Å². The Kier molecular flexibility index (Phi) is 7.13. The number of hydrogen-bond acceptors (Lipinski definition) is 5. The molecule has 2 rings (SSSR count). The standard InChI is InChI=1S/C20H20N2O5/c1-3-18(23)22-16-7-5-6-14(12-16)13-21-19(24)15-8-10-17(11-9-15)27-20(25)26-4-2/h3,5-12H,1,4,13H2,2H3,(H,21,24)(H,22,23). The summed E-state index contributed by atoms with van der Waals surface area (Å²) in [5.74, 6) is -0.296. The lowest BCUT2D eigenvalue weighted by Crippen LogP contribution is -2.22. The molecule has 0 unspecified atom stereocenters. The fourth-order valence-corrected chi connectivity index (χ4v) is 2.15. The van der Waals surface area contributed by atoms with Crippen molar-refractivity contribution in [1.29, 1.82) is 0 Å². The Morgan fingerprint density at radius 1 is 1.11 bits per heavy atom. The number of rotatable bonds is 7. The number of anilines is 1. The average Bonchev–Trinajstić information content (AvgIpc) is 2.67. The van der Waals surface area contributed by atoms with Gasteiger partial charge in [-0.05, 0) is 55.0 Å². The van der Waals surface area contributed by atoms with E-state index < -0.39 is 6.16 Å². The first-order valence-electron chi connectivity index (χ1n) is 8.27. The van der Waals surface area contributed by atoms with E-state index in [1.54, 1.807) is 37.3 Å². The SMILES string of the molecule is C=CC(=O)Nc1cccc(CNC(=O)c2ccc(OC(=O)OCC)cc2)c1. The van der Waals surface area contributed by atoms with E-state index >= 15 is 0 Å². The lowest BCUT2D eigenvalue weighted by atomic mass is 10.1. The van der Waals surface area contributed by atoms with Gasteiger partial charge in [-0.15, -0.1) is 0 Å². The molecule has 0 aliphatic rings. The molecule has 140 valence electrons. The molecule has 0 saturated carbocycles. The van der Waals surface area contributed by atoms with Crippen LogP contribution in [0, 0.1) is 0 Å². The van der Waals surface area contributed by atoms with Crippen LogP contribution in [-0.4, -0.2) is 24.6 Å². The second kappa shape index (κ2) is 9.76. The first kappa shape index (κ1) is 19.7. The molecular formula is C20H20N2O5. The van der Waals surface area contributed by atoms with Crippen molar-refractivity contribution in [3.8, 4) is 5.75 Å². The van der Waals surface area contributed by atoms with Crippen LogP contribution in [0.3, 0.4) is 0 Å². The minimum absolute atomic E-state index is 0.220. The molecule has 2 aromatic rings. The topological polar surface area (TPSA) is 93.7 Å². The Hall–Kier alpha value is -3.61. The number of nitrogens with one attached hydrogen (secondary N) is 2. The number of hydrogen-bond donors (Lipinski definition) is 2. The number of benzene rings is 2. The van der Waals surface area contributed by atoms with Gasteiger partial charge in [-0.25, -0.2) is 4.79 Å². The van der Waals surface area contributed by atoms with Crippen molar-refractivity contribution >= 4 is 23.7 Å². The molecule has 0 radical (unpaired) electrons. The highest BCUT2D eigenvalue weighted by molar-refractivity contribution is 5.99. The minimum atomic E-state index is -0.793. The van der Waals surface area contributed by atoms with Gasteiger partial charge in [0, 0.05) is 17.8 Å². The van der Waals surface area contributed by atoms with Crippen LogP contribution in [0.15, 0.2) is 61.2 Å². The Morgan fingerprint density at radius 3 is 2.52 bits per heavy atom. The monoisotopic (exact) mass is 368 g/mol. The Bertz CT molecular complexity index is 831. The third-order valence-electron chi connectivity index (χ3n) is 3.41. The summed E-state index contributed by atoms with van der Waals surface area (Å²) in [6.45, 7) is 5.59. The maximum Gasteiger partial charge on any atom is 0.513 e. The highest BCUT2D eigenvalue weighted by Crippen LogP contribution is 2.14. The summed E-state index contributed by atoms with van der Waals surface area (Å²) in [6.07, 6.45) is 0.391. The molecule has 0 spiro atoms. The van der Waals surface area contributed by atoms with Crippen LogP contribution in [0.1, 0.15) is 22.8 Å². The molecule has 0 heterocycles. The van der Waals surface area contributed by atoms with Crippen molar-refractivity contribution in [2.75, 3.05) is 11.9 Å². The quantitative estimate of drug-likeness (QED) is 0.444. The van der Waals surface area contributed by atoms with Gasteiger partial charge in [-0.1, -0.05) is 18.7 Å². The van der Waals surface area contributed by atoms with Crippen LogP contribution in [0.2, 0.25) is 0 Å². The number of ether oxygens (including phenoxy) is 2. The average molecular weight is 368 g/mol. The van der Waals surface area contributed by atoms with Gasteiger partial charge in [-0.3, -0.25) is 9.59 Å². The molecule has 27 heavy (non-hydrogen) atoms. The molecule has 0 fully saturated rings. The molecule has 0 aliphatic carbocycles. The fourth-order valence-electron chi connectivity index (χ4n) is 2.15. The maximum absolute atomic E-state index is 12.2. The number of amides is 2. The number of carbonyl (C=O) groups excluding carboxylic acids is 3. The summed E-state index contributed by atoms with van der Waals surface area (Å²) in [5, 5.41) is 5.45. The molecule has 0 saturated heterocycles. The maximum atomic E-state index is 12.2. The van der Waals surface area contributed by atoms with Crippen LogP contribution >= 0.6 is 0 Å². The van der Waals surface area contributed by atoms with Crippen molar-refractivity contribution in [2.45, 2.75) is 13.5 Å². The Balaban J connectivity index is 1.92. The van der Waals surface area contributed by atoms with Crippen molar-refractivity contribution < 1.29 is 23.9 Å². The van der Waals surface area contributed by atoms with E-state index in [0.29, 0.717) is 11.3 Å². The molecule has 2 aromatic carbocycles. The zero-order valence-electron chi connectivity index (χ0n) is 14.9.